The zero-order valence-electron chi connectivity index (χ0n) is 21.9. The summed E-state index contributed by atoms with van der Waals surface area (Å²) < 4.78 is 20.7. The fraction of sp³-hybridized carbons (Fsp3) is 0.429. The van der Waals surface area contributed by atoms with E-state index >= 15 is 0 Å². The summed E-state index contributed by atoms with van der Waals surface area (Å²) in [6, 6.07) is 13.5. The monoisotopic (exact) mass is 573 g/mol. The summed E-state index contributed by atoms with van der Waals surface area (Å²) in [7, 11) is 0. The Balaban J connectivity index is 1.15. The Morgan fingerprint density at radius 1 is 1.15 bits per heavy atom. The second kappa shape index (κ2) is 12.6. The molecular formula is C28H33Cl2N5O4. The third kappa shape index (κ3) is 7.04. The van der Waals surface area contributed by atoms with E-state index in [-0.39, 0.29) is 12.0 Å². The SMILES string of the molecule is CC(=O)NCCN1CCN(c2ccc(OC[C@@H]3CO[C@@](Cn4ccnc4)(c4ccc(Cl)cc4Cl)O3)cc2)CC1. The molecule has 0 bridgehead atoms. The van der Waals surface area contributed by atoms with Crippen molar-refractivity contribution in [3.8, 4) is 5.75 Å². The molecule has 208 valence electrons. The van der Waals surface area contributed by atoms with Gasteiger partial charge in [-0.1, -0.05) is 29.3 Å². The van der Waals surface area contributed by atoms with Gasteiger partial charge in [-0.05, 0) is 36.4 Å². The molecule has 3 heterocycles. The van der Waals surface area contributed by atoms with E-state index in [4.69, 9.17) is 37.4 Å². The van der Waals surface area contributed by atoms with E-state index in [0.717, 1.165) is 38.5 Å². The van der Waals surface area contributed by atoms with Gasteiger partial charge in [-0.25, -0.2) is 4.98 Å². The maximum absolute atomic E-state index is 11.1. The van der Waals surface area contributed by atoms with Crippen molar-refractivity contribution in [2.24, 2.45) is 0 Å². The van der Waals surface area contributed by atoms with Gasteiger partial charge < -0.3 is 29.0 Å². The van der Waals surface area contributed by atoms with Gasteiger partial charge in [-0.15, -0.1) is 0 Å². The van der Waals surface area contributed by atoms with Crippen molar-refractivity contribution in [2.75, 3.05) is 57.4 Å². The zero-order chi connectivity index (χ0) is 27.2. The van der Waals surface area contributed by atoms with Crippen LogP contribution in [0.2, 0.25) is 10.0 Å². The lowest BCUT2D eigenvalue weighted by Crippen LogP contribution is -2.48. The normalized spacial score (nSPS) is 21.7. The zero-order valence-corrected chi connectivity index (χ0v) is 23.4. The molecular weight excluding hydrogens is 541 g/mol. The van der Waals surface area contributed by atoms with E-state index in [9.17, 15) is 4.79 Å². The molecule has 1 amide bonds. The Morgan fingerprint density at radius 2 is 1.95 bits per heavy atom. The van der Waals surface area contributed by atoms with E-state index in [1.165, 1.54) is 5.69 Å². The predicted molar refractivity (Wildman–Crippen MR) is 150 cm³/mol. The lowest BCUT2D eigenvalue weighted by Gasteiger charge is -2.36. The molecule has 2 fully saturated rings. The number of anilines is 1. The van der Waals surface area contributed by atoms with Gasteiger partial charge in [0.1, 0.15) is 18.5 Å². The third-order valence-corrected chi connectivity index (χ3v) is 7.51. The van der Waals surface area contributed by atoms with Crippen LogP contribution in [0.3, 0.4) is 0 Å². The van der Waals surface area contributed by atoms with Crippen LogP contribution in [0.1, 0.15) is 12.5 Å². The van der Waals surface area contributed by atoms with E-state index < -0.39 is 5.79 Å². The number of benzene rings is 2. The lowest BCUT2D eigenvalue weighted by molar-refractivity contribution is -0.189. The van der Waals surface area contributed by atoms with Crippen LogP contribution < -0.4 is 15.0 Å². The number of piperazine rings is 1. The van der Waals surface area contributed by atoms with Gasteiger partial charge in [-0.2, -0.15) is 0 Å². The number of halogens is 2. The van der Waals surface area contributed by atoms with Gasteiger partial charge in [0, 0.05) is 74.9 Å². The van der Waals surface area contributed by atoms with Crippen LogP contribution in [0, 0.1) is 0 Å². The third-order valence-electron chi connectivity index (χ3n) is 6.96. The van der Waals surface area contributed by atoms with Crippen LogP contribution >= 0.6 is 23.2 Å². The highest BCUT2D eigenvalue weighted by Crippen LogP contribution is 2.40. The molecule has 39 heavy (non-hydrogen) atoms. The maximum Gasteiger partial charge on any atom is 0.216 e. The number of hydrogen-bond donors (Lipinski definition) is 1. The Kier molecular flexibility index (Phi) is 8.94. The number of amides is 1. The predicted octanol–water partition coefficient (Wildman–Crippen LogP) is 3.80. The first-order valence-electron chi connectivity index (χ1n) is 13.1. The Hall–Kier alpha value is -2.82. The molecule has 0 saturated carbocycles. The maximum atomic E-state index is 11.1. The highest BCUT2D eigenvalue weighted by molar-refractivity contribution is 6.35. The van der Waals surface area contributed by atoms with Gasteiger partial charge in [0.05, 0.1) is 24.5 Å². The number of carbonyl (C=O) groups excluding carboxylic acids is 1. The molecule has 3 aromatic rings. The fourth-order valence-electron chi connectivity index (χ4n) is 4.94. The first kappa shape index (κ1) is 27.7. The van der Waals surface area contributed by atoms with Gasteiger partial charge in [-0.3, -0.25) is 9.69 Å². The molecule has 2 saturated heterocycles. The molecule has 0 unspecified atom stereocenters. The quantitative estimate of drug-likeness (QED) is 0.395. The van der Waals surface area contributed by atoms with Gasteiger partial charge in [0.25, 0.3) is 0 Å². The second-order valence-electron chi connectivity index (χ2n) is 9.78. The Bertz CT molecular complexity index is 1240. The van der Waals surface area contributed by atoms with Crippen molar-refractivity contribution < 1.29 is 19.0 Å². The fourth-order valence-corrected chi connectivity index (χ4v) is 5.49. The van der Waals surface area contributed by atoms with E-state index in [2.05, 4.69) is 32.2 Å². The summed E-state index contributed by atoms with van der Waals surface area (Å²) in [6.45, 7) is 8.02. The average Bonchev–Trinajstić information content (AvgIpc) is 3.59. The first-order valence-corrected chi connectivity index (χ1v) is 13.8. The second-order valence-corrected chi connectivity index (χ2v) is 10.6. The highest BCUT2D eigenvalue weighted by atomic mass is 35.5. The number of carbonyl (C=O) groups is 1. The van der Waals surface area contributed by atoms with Crippen molar-refractivity contribution in [3.05, 3.63) is 76.8 Å². The smallest absolute Gasteiger partial charge is 0.216 e. The number of aromatic nitrogens is 2. The number of imidazole rings is 1. The summed E-state index contributed by atoms with van der Waals surface area (Å²) in [5.41, 5.74) is 1.88. The molecule has 5 rings (SSSR count). The van der Waals surface area contributed by atoms with Crippen molar-refractivity contribution in [1.82, 2.24) is 19.8 Å². The van der Waals surface area contributed by atoms with Crippen molar-refractivity contribution >= 4 is 34.8 Å². The van der Waals surface area contributed by atoms with Crippen LogP contribution in [-0.4, -0.2) is 78.9 Å². The number of nitrogens with zero attached hydrogens (tertiary/aromatic N) is 4. The van der Waals surface area contributed by atoms with Gasteiger partial charge >= 0.3 is 0 Å². The van der Waals surface area contributed by atoms with Gasteiger partial charge in [0.2, 0.25) is 11.7 Å². The molecule has 9 nitrogen and oxygen atoms in total. The minimum atomic E-state index is -1.08. The van der Waals surface area contributed by atoms with E-state index in [1.807, 2.05) is 29.0 Å². The Labute approximate surface area is 238 Å². The summed E-state index contributed by atoms with van der Waals surface area (Å²) in [5, 5.41) is 3.89. The van der Waals surface area contributed by atoms with Crippen molar-refractivity contribution in [1.29, 1.82) is 0 Å². The molecule has 2 aliphatic heterocycles. The first-order chi connectivity index (χ1) is 18.9. The molecule has 0 aliphatic carbocycles. The highest BCUT2D eigenvalue weighted by Gasteiger charge is 2.45. The minimum absolute atomic E-state index is 0.0164. The van der Waals surface area contributed by atoms with Gasteiger partial charge in [0.15, 0.2) is 0 Å². The van der Waals surface area contributed by atoms with Crippen LogP contribution in [0.4, 0.5) is 5.69 Å². The minimum Gasteiger partial charge on any atom is -0.491 e. The van der Waals surface area contributed by atoms with E-state index in [1.54, 1.807) is 31.6 Å². The largest absolute Gasteiger partial charge is 0.491 e. The van der Waals surface area contributed by atoms with Crippen LogP contribution in [0.5, 0.6) is 5.75 Å². The molecule has 11 heteroatoms. The number of ether oxygens (including phenoxy) is 3. The molecule has 1 N–H and O–H groups in total. The average molecular weight is 575 g/mol. The van der Waals surface area contributed by atoms with Crippen LogP contribution in [0.15, 0.2) is 61.2 Å². The topological polar surface area (TPSA) is 81.1 Å². The summed E-state index contributed by atoms with van der Waals surface area (Å²) >= 11 is 12.7. The molecule has 2 aliphatic rings. The summed E-state index contributed by atoms with van der Waals surface area (Å²) in [6.07, 6.45) is 5.00. The van der Waals surface area contributed by atoms with Crippen molar-refractivity contribution in [2.45, 2.75) is 25.4 Å². The lowest BCUT2D eigenvalue weighted by atomic mass is 10.1. The molecule has 0 radical (unpaired) electrons. The number of hydrogen-bond acceptors (Lipinski definition) is 7. The summed E-state index contributed by atoms with van der Waals surface area (Å²) in [4.78, 5) is 19.9. The Morgan fingerprint density at radius 3 is 2.64 bits per heavy atom. The number of nitrogens with one attached hydrogen (secondary N) is 1. The van der Waals surface area contributed by atoms with Crippen molar-refractivity contribution in [3.63, 3.8) is 0 Å². The molecule has 2 aromatic carbocycles. The number of rotatable bonds is 10. The molecule has 0 spiro atoms. The van der Waals surface area contributed by atoms with Crippen LogP contribution in [-0.2, 0) is 26.6 Å². The molecule has 1 aromatic heterocycles. The van der Waals surface area contributed by atoms with E-state index in [0.29, 0.717) is 41.9 Å². The van der Waals surface area contributed by atoms with Crippen LogP contribution in [0.25, 0.3) is 0 Å². The molecule has 2 atom stereocenters. The summed E-state index contributed by atoms with van der Waals surface area (Å²) in [5.74, 6) is -0.291. The standard InChI is InChI=1S/C28H33Cl2N5O4/c1-21(36)32-9-11-33-12-14-35(15-13-33)23-3-5-24(6-4-23)37-17-25-18-38-28(39-25,19-34-10-8-31-20-34)26-7-2-22(29)16-27(26)30/h2-8,10,16,20,25H,9,11-15,17-19H2,1H3,(H,32,36)/t25-,28-/m1/s1.